The number of nitrogens with zero attached hydrogens (tertiary/aromatic N) is 1. The van der Waals surface area contributed by atoms with Gasteiger partial charge in [-0.05, 0) is 24.3 Å². The van der Waals surface area contributed by atoms with Gasteiger partial charge in [0.05, 0.1) is 13.2 Å². The fourth-order valence-corrected chi connectivity index (χ4v) is 3.48. The first-order valence-corrected chi connectivity index (χ1v) is 8.50. The number of hydrogen-bond donors (Lipinski definition) is 1. The summed E-state index contributed by atoms with van der Waals surface area (Å²) in [6, 6.07) is 11.8. The predicted octanol–water partition coefficient (Wildman–Crippen LogP) is 3.81. The summed E-state index contributed by atoms with van der Waals surface area (Å²) in [7, 11) is 1.62. The number of benzene rings is 2. The average Bonchev–Trinajstić information content (AvgIpc) is 2.60. The first kappa shape index (κ1) is 19.7. The lowest BCUT2D eigenvalue weighted by Gasteiger charge is -2.37. The normalized spacial score (nSPS) is 16.9. The number of rotatable bonds is 3. The fourth-order valence-electron chi connectivity index (χ4n) is 3.01. The first-order chi connectivity index (χ1) is 11.6. The van der Waals surface area contributed by atoms with Gasteiger partial charge in [0.25, 0.3) is 5.91 Å². The molecule has 25 heavy (non-hydrogen) atoms. The second kappa shape index (κ2) is 8.65. The summed E-state index contributed by atoms with van der Waals surface area (Å²) in [5.74, 6) is 0.119. The van der Waals surface area contributed by atoms with Crippen molar-refractivity contribution in [3.63, 3.8) is 0 Å². The van der Waals surface area contributed by atoms with Crippen molar-refractivity contribution >= 4 is 34.2 Å². The quantitative estimate of drug-likeness (QED) is 0.807. The molecule has 3 rings (SSSR count). The number of carbonyl (C=O) groups is 1. The van der Waals surface area contributed by atoms with E-state index < -0.39 is 5.82 Å². The zero-order valence-electron chi connectivity index (χ0n) is 13.7. The maximum atomic E-state index is 13.7. The number of halogens is 3. The molecule has 134 valence electrons. The van der Waals surface area contributed by atoms with E-state index in [0.29, 0.717) is 29.7 Å². The van der Waals surface area contributed by atoms with Crippen LogP contribution in [0.15, 0.2) is 46.9 Å². The van der Waals surface area contributed by atoms with Crippen LogP contribution in [0.25, 0.3) is 0 Å². The third-order valence-electron chi connectivity index (χ3n) is 4.11. The van der Waals surface area contributed by atoms with Gasteiger partial charge in [0.1, 0.15) is 11.6 Å². The van der Waals surface area contributed by atoms with Crippen molar-refractivity contribution < 1.29 is 13.9 Å². The molecule has 1 fully saturated rings. The summed E-state index contributed by atoms with van der Waals surface area (Å²) in [4.78, 5) is 14.7. The van der Waals surface area contributed by atoms with Crippen molar-refractivity contribution in [1.82, 2.24) is 10.2 Å². The minimum atomic E-state index is -0.434. The summed E-state index contributed by atoms with van der Waals surface area (Å²) in [5, 5.41) is 3.31. The number of ether oxygens (including phenoxy) is 1. The molecule has 2 aromatic rings. The minimum absolute atomic E-state index is 0. The molecule has 0 saturated carbocycles. The van der Waals surface area contributed by atoms with E-state index >= 15 is 0 Å². The summed E-state index contributed by atoms with van der Waals surface area (Å²) >= 11 is 3.25. The molecule has 2 aromatic carbocycles. The molecule has 7 heteroatoms. The molecule has 1 atom stereocenters. The monoisotopic (exact) mass is 428 g/mol. The highest BCUT2D eigenvalue weighted by atomic mass is 79.9. The van der Waals surface area contributed by atoms with Crippen molar-refractivity contribution in [2.24, 2.45) is 0 Å². The molecule has 1 aliphatic heterocycles. The fraction of sp³-hybridized carbons (Fsp3) is 0.278. The van der Waals surface area contributed by atoms with Crippen molar-refractivity contribution in [1.29, 1.82) is 0 Å². The molecule has 4 nitrogen and oxygen atoms in total. The van der Waals surface area contributed by atoms with E-state index in [-0.39, 0.29) is 24.4 Å². The van der Waals surface area contributed by atoms with E-state index in [1.165, 1.54) is 12.1 Å². The lowest BCUT2D eigenvalue weighted by molar-refractivity contribution is 0.0631. The topological polar surface area (TPSA) is 41.6 Å². The van der Waals surface area contributed by atoms with E-state index in [0.717, 1.165) is 11.3 Å². The summed E-state index contributed by atoms with van der Waals surface area (Å²) in [5.41, 5.74) is 1.28. The van der Waals surface area contributed by atoms with Gasteiger partial charge in [0, 0.05) is 35.2 Å². The largest absolute Gasteiger partial charge is 0.496 e. The van der Waals surface area contributed by atoms with Crippen LogP contribution >= 0.6 is 28.3 Å². The van der Waals surface area contributed by atoms with Crippen molar-refractivity contribution in [2.75, 3.05) is 26.7 Å². The van der Waals surface area contributed by atoms with Crippen LogP contribution in [-0.4, -0.2) is 37.6 Å². The molecule has 0 spiro atoms. The van der Waals surface area contributed by atoms with Gasteiger partial charge >= 0.3 is 0 Å². The second-order valence-corrected chi connectivity index (χ2v) is 6.53. The van der Waals surface area contributed by atoms with Gasteiger partial charge in [-0.1, -0.05) is 34.1 Å². The Morgan fingerprint density at radius 3 is 2.80 bits per heavy atom. The Morgan fingerprint density at radius 1 is 1.32 bits per heavy atom. The molecule has 1 saturated heterocycles. The Labute approximate surface area is 160 Å². The smallest absolute Gasteiger partial charge is 0.254 e. The number of hydrogen-bond acceptors (Lipinski definition) is 3. The molecular formula is C18H19BrClFN2O2. The number of carbonyl (C=O) groups excluding carboxylic acids is 1. The number of para-hydroxylation sites is 1. The predicted molar refractivity (Wildman–Crippen MR) is 101 cm³/mol. The van der Waals surface area contributed by atoms with E-state index in [4.69, 9.17) is 4.74 Å². The van der Waals surface area contributed by atoms with E-state index in [9.17, 15) is 9.18 Å². The lowest BCUT2D eigenvalue weighted by Crippen LogP contribution is -2.48. The van der Waals surface area contributed by atoms with Crippen LogP contribution in [0.3, 0.4) is 0 Å². The molecular weight excluding hydrogens is 411 g/mol. The lowest BCUT2D eigenvalue weighted by atomic mass is 10.0. The van der Waals surface area contributed by atoms with Crippen LogP contribution < -0.4 is 10.1 Å². The minimum Gasteiger partial charge on any atom is -0.496 e. The highest BCUT2D eigenvalue weighted by Crippen LogP contribution is 2.31. The van der Waals surface area contributed by atoms with Crippen LogP contribution in [0.5, 0.6) is 5.75 Å². The van der Waals surface area contributed by atoms with Crippen molar-refractivity contribution in [3.05, 3.63) is 63.9 Å². The Morgan fingerprint density at radius 2 is 2.08 bits per heavy atom. The number of methoxy groups -OCH3 is 1. The summed E-state index contributed by atoms with van der Waals surface area (Å²) in [6.45, 7) is 1.88. The van der Waals surface area contributed by atoms with Gasteiger partial charge in [-0.25, -0.2) is 4.39 Å². The average molecular weight is 430 g/mol. The van der Waals surface area contributed by atoms with Crippen molar-refractivity contribution in [2.45, 2.75) is 6.04 Å². The van der Waals surface area contributed by atoms with E-state index in [2.05, 4.69) is 21.2 Å². The molecule has 0 bridgehead atoms. The highest BCUT2D eigenvalue weighted by Gasteiger charge is 2.30. The zero-order valence-corrected chi connectivity index (χ0v) is 16.1. The van der Waals surface area contributed by atoms with Gasteiger partial charge in [-0.15, -0.1) is 12.4 Å². The molecule has 1 amide bonds. The number of amides is 1. The van der Waals surface area contributed by atoms with Gasteiger partial charge in [-0.3, -0.25) is 4.79 Å². The van der Waals surface area contributed by atoms with Gasteiger partial charge in [-0.2, -0.15) is 0 Å². The molecule has 1 heterocycles. The van der Waals surface area contributed by atoms with E-state index in [1.54, 1.807) is 18.1 Å². The molecule has 0 aromatic heterocycles. The Kier molecular flexibility index (Phi) is 6.81. The van der Waals surface area contributed by atoms with Crippen LogP contribution in [0, 0.1) is 5.82 Å². The zero-order chi connectivity index (χ0) is 17.1. The first-order valence-electron chi connectivity index (χ1n) is 7.71. The molecule has 1 aliphatic rings. The SMILES string of the molecule is COc1ccccc1C1CNCCN1C(=O)c1cc(F)cc(Br)c1.Cl. The standard InChI is InChI=1S/C18H18BrFN2O2.ClH/c1-24-17-5-3-2-4-15(17)16-11-21-6-7-22(16)18(23)12-8-13(19)10-14(20)9-12;/h2-5,8-10,16,21H,6-7,11H2,1H3;1H. The Hall–Kier alpha value is -1.63. The molecule has 0 radical (unpaired) electrons. The van der Waals surface area contributed by atoms with Crippen LogP contribution in [0.2, 0.25) is 0 Å². The Balaban J connectivity index is 0.00000225. The maximum absolute atomic E-state index is 13.7. The summed E-state index contributed by atoms with van der Waals surface area (Å²) < 4.78 is 19.6. The van der Waals surface area contributed by atoms with Crippen LogP contribution in [-0.2, 0) is 0 Å². The Bertz CT molecular complexity index is 739. The number of nitrogens with one attached hydrogen (secondary N) is 1. The van der Waals surface area contributed by atoms with Crippen LogP contribution in [0.4, 0.5) is 4.39 Å². The number of piperazine rings is 1. The van der Waals surface area contributed by atoms with Crippen LogP contribution in [0.1, 0.15) is 22.0 Å². The molecule has 0 aliphatic carbocycles. The third kappa shape index (κ3) is 4.32. The van der Waals surface area contributed by atoms with E-state index in [1.807, 2.05) is 24.3 Å². The van der Waals surface area contributed by atoms with Gasteiger partial charge < -0.3 is 15.0 Å². The third-order valence-corrected chi connectivity index (χ3v) is 4.57. The summed E-state index contributed by atoms with van der Waals surface area (Å²) in [6.07, 6.45) is 0. The van der Waals surface area contributed by atoms with Crippen molar-refractivity contribution in [3.8, 4) is 5.75 Å². The van der Waals surface area contributed by atoms with Gasteiger partial charge in [0.2, 0.25) is 0 Å². The molecule has 1 unspecified atom stereocenters. The highest BCUT2D eigenvalue weighted by molar-refractivity contribution is 9.10. The van der Waals surface area contributed by atoms with Gasteiger partial charge in [0.15, 0.2) is 0 Å². The molecule has 1 N–H and O–H groups in total. The second-order valence-electron chi connectivity index (χ2n) is 5.62. The maximum Gasteiger partial charge on any atom is 0.254 e.